The molecule has 8 nitrogen and oxygen atoms in total. The number of rotatable bonds is 5. The largest absolute Gasteiger partial charge is 0.325 e. The van der Waals surface area contributed by atoms with Gasteiger partial charge in [-0.2, -0.15) is 9.98 Å². The van der Waals surface area contributed by atoms with Gasteiger partial charge in [-0.1, -0.05) is 0 Å². The van der Waals surface area contributed by atoms with Crippen LogP contribution in [-0.4, -0.2) is 27.9 Å². The first-order chi connectivity index (χ1) is 12.3. The summed E-state index contributed by atoms with van der Waals surface area (Å²) in [6, 6.07) is 8.31. The molecule has 0 amide bonds. The van der Waals surface area contributed by atoms with Crippen LogP contribution >= 0.6 is 0 Å². The molecule has 3 heterocycles. The van der Waals surface area contributed by atoms with E-state index in [4.69, 9.17) is 5.26 Å². The van der Waals surface area contributed by atoms with Gasteiger partial charge in [0.1, 0.15) is 22.5 Å². The monoisotopic (exact) mass is 370 g/mol. The van der Waals surface area contributed by atoms with Crippen molar-refractivity contribution in [3.8, 4) is 6.07 Å². The summed E-state index contributed by atoms with van der Waals surface area (Å²) in [4.78, 5) is 12.6. The molecular formula is C17H18N6O2S. The Bertz CT molecular complexity index is 1090. The van der Waals surface area contributed by atoms with Crippen molar-refractivity contribution in [3.05, 3.63) is 48.2 Å². The first-order valence-electron chi connectivity index (χ1n) is 8.00. The number of nitriles is 1. The minimum absolute atomic E-state index is 0.0122. The molecule has 0 radical (unpaired) electrons. The Hall–Kier alpha value is -2.83. The molecule has 0 bridgehead atoms. The summed E-state index contributed by atoms with van der Waals surface area (Å²) in [7, 11) is -3.85. The normalized spacial score (nSPS) is 12.2. The van der Waals surface area contributed by atoms with Crippen LogP contribution in [0.15, 0.2) is 41.6 Å². The quantitative estimate of drug-likeness (QED) is 0.734. The van der Waals surface area contributed by atoms with Crippen molar-refractivity contribution in [2.75, 3.05) is 0 Å². The third kappa shape index (κ3) is 3.16. The number of hydrogen-bond donors (Lipinski definition) is 1. The summed E-state index contributed by atoms with van der Waals surface area (Å²) in [5, 5.41) is 8.80. The van der Waals surface area contributed by atoms with E-state index in [1.54, 1.807) is 20.0 Å². The maximum atomic E-state index is 12.7. The van der Waals surface area contributed by atoms with E-state index in [9.17, 15) is 8.42 Å². The first kappa shape index (κ1) is 18.0. The average Bonchev–Trinajstić information content (AvgIpc) is 3.00. The summed E-state index contributed by atoms with van der Waals surface area (Å²) in [5.74, 6) is 0.568. The molecule has 134 valence electrons. The lowest BCUT2D eigenvalue weighted by Crippen LogP contribution is -2.43. The van der Waals surface area contributed by atoms with E-state index < -0.39 is 15.6 Å². The van der Waals surface area contributed by atoms with Gasteiger partial charge >= 0.3 is 0 Å². The Balaban J connectivity index is 2.01. The zero-order valence-electron chi connectivity index (χ0n) is 14.6. The number of imidazole rings is 1. The second kappa shape index (κ2) is 6.48. The third-order valence-electron chi connectivity index (χ3n) is 3.95. The van der Waals surface area contributed by atoms with Crippen molar-refractivity contribution < 1.29 is 8.42 Å². The van der Waals surface area contributed by atoms with Gasteiger partial charge in [-0.05, 0) is 45.0 Å². The number of fused-ring (bicyclic) bond motifs is 1. The highest BCUT2D eigenvalue weighted by Gasteiger charge is 2.33. The predicted molar refractivity (Wildman–Crippen MR) is 95.5 cm³/mol. The molecule has 0 spiro atoms. The van der Waals surface area contributed by atoms with E-state index in [-0.39, 0.29) is 10.6 Å². The van der Waals surface area contributed by atoms with Gasteiger partial charge in [0, 0.05) is 18.9 Å². The highest BCUT2D eigenvalue weighted by molar-refractivity contribution is 7.89. The Kier molecular flexibility index (Phi) is 4.48. The number of nitrogens with zero attached hydrogens (tertiary/aromatic N) is 5. The van der Waals surface area contributed by atoms with Gasteiger partial charge in [0.15, 0.2) is 5.65 Å². The van der Waals surface area contributed by atoms with Crippen molar-refractivity contribution in [1.29, 1.82) is 5.26 Å². The topological polar surface area (TPSA) is 114 Å². The van der Waals surface area contributed by atoms with E-state index in [0.717, 1.165) is 5.52 Å². The van der Waals surface area contributed by atoms with E-state index in [1.807, 2.05) is 29.7 Å². The molecule has 0 saturated heterocycles. The van der Waals surface area contributed by atoms with E-state index in [1.165, 1.54) is 18.3 Å². The number of aryl methyl sites for hydroxylation is 1. The van der Waals surface area contributed by atoms with Gasteiger partial charge in [0.2, 0.25) is 10.0 Å². The summed E-state index contributed by atoms with van der Waals surface area (Å²) >= 11 is 0. The second-order valence-corrected chi connectivity index (χ2v) is 7.93. The van der Waals surface area contributed by atoms with E-state index in [2.05, 4.69) is 19.7 Å². The molecule has 0 saturated carbocycles. The molecule has 0 aliphatic heterocycles. The second-order valence-electron chi connectivity index (χ2n) is 6.25. The molecule has 3 rings (SSSR count). The minimum atomic E-state index is -3.85. The van der Waals surface area contributed by atoms with Gasteiger partial charge < -0.3 is 4.57 Å². The Morgan fingerprint density at radius 3 is 2.65 bits per heavy atom. The number of hydrogen-bond acceptors (Lipinski definition) is 6. The van der Waals surface area contributed by atoms with E-state index in [0.29, 0.717) is 18.0 Å². The van der Waals surface area contributed by atoms with Gasteiger partial charge in [-0.15, -0.1) is 0 Å². The molecule has 0 unspecified atom stereocenters. The molecule has 3 aromatic rings. The van der Waals surface area contributed by atoms with Gasteiger partial charge in [-0.25, -0.2) is 23.4 Å². The predicted octanol–water partition coefficient (Wildman–Crippen LogP) is 1.93. The minimum Gasteiger partial charge on any atom is -0.325 e. The number of pyridine rings is 2. The molecule has 0 aliphatic rings. The van der Waals surface area contributed by atoms with Crippen LogP contribution in [0.5, 0.6) is 0 Å². The van der Waals surface area contributed by atoms with Gasteiger partial charge in [0.05, 0.1) is 11.1 Å². The highest BCUT2D eigenvalue weighted by Crippen LogP contribution is 2.26. The number of sulfonamides is 1. The summed E-state index contributed by atoms with van der Waals surface area (Å²) in [6.07, 6.45) is 2.82. The van der Waals surface area contributed by atoms with Gasteiger partial charge in [-0.3, -0.25) is 0 Å². The fourth-order valence-corrected chi connectivity index (χ4v) is 4.12. The van der Waals surface area contributed by atoms with Crippen LogP contribution in [0.1, 0.15) is 32.3 Å². The van der Waals surface area contributed by atoms with Crippen LogP contribution in [0.3, 0.4) is 0 Å². The lowest BCUT2D eigenvalue weighted by molar-refractivity contribution is 0.429. The first-order valence-corrected chi connectivity index (χ1v) is 9.48. The fraction of sp³-hybridized carbons (Fsp3) is 0.294. The molecule has 26 heavy (non-hydrogen) atoms. The summed E-state index contributed by atoms with van der Waals surface area (Å²) in [6.45, 7) is 6.08. The molecule has 0 atom stereocenters. The smallest absolute Gasteiger partial charge is 0.243 e. The van der Waals surface area contributed by atoms with E-state index >= 15 is 0 Å². The molecule has 0 fully saturated rings. The maximum absolute atomic E-state index is 12.7. The average molecular weight is 370 g/mol. The Morgan fingerprint density at radius 2 is 2.04 bits per heavy atom. The van der Waals surface area contributed by atoms with Crippen LogP contribution in [0.4, 0.5) is 0 Å². The maximum Gasteiger partial charge on any atom is 0.243 e. The van der Waals surface area contributed by atoms with Crippen LogP contribution in [0, 0.1) is 11.3 Å². The molecule has 3 aromatic heterocycles. The molecule has 0 aromatic carbocycles. The van der Waals surface area contributed by atoms with Crippen molar-refractivity contribution in [2.24, 2.45) is 0 Å². The van der Waals surface area contributed by atoms with Gasteiger partial charge in [0.25, 0.3) is 0 Å². The highest BCUT2D eigenvalue weighted by atomic mass is 32.2. The number of aromatic nitrogens is 4. The summed E-state index contributed by atoms with van der Waals surface area (Å²) < 4.78 is 30.1. The SMILES string of the molecule is CCn1c(C(C)(C)NS(=O)(=O)c2ccc(C#N)nc2)nc2ncccc21. The van der Waals surface area contributed by atoms with Crippen molar-refractivity contribution in [2.45, 2.75) is 37.8 Å². The Labute approximate surface area is 151 Å². The lowest BCUT2D eigenvalue weighted by Gasteiger charge is -2.26. The number of nitrogens with one attached hydrogen (secondary N) is 1. The molecular weight excluding hydrogens is 352 g/mol. The Morgan fingerprint density at radius 1 is 1.27 bits per heavy atom. The standard InChI is InChI=1S/C17H18N6O2S/c1-4-23-14-6-5-9-19-15(14)21-16(23)17(2,3)22-26(24,25)13-8-7-12(10-18)20-11-13/h5-9,11,22H,4H2,1-3H3. The van der Waals surface area contributed by atoms with Crippen molar-refractivity contribution in [1.82, 2.24) is 24.2 Å². The fourth-order valence-electron chi connectivity index (χ4n) is 2.80. The molecule has 0 aliphatic carbocycles. The summed E-state index contributed by atoms with van der Waals surface area (Å²) in [5.41, 5.74) is 0.583. The van der Waals surface area contributed by atoms with Crippen molar-refractivity contribution in [3.63, 3.8) is 0 Å². The lowest BCUT2D eigenvalue weighted by atomic mass is 10.1. The van der Waals surface area contributed by atoms with Crippen LogP contribution in [0.25, 0.3) is 11.2 Å². The zero-order chi connectivity index (χ0) is 18.9. The molecule has 1 N–H and O–H groups in total. The van der Waals surface area contributed by atoms with Crippen LogP contribution in [-0.2, 0) is 22.1 Å². The third-order valence-corrected chi connectivity index (χ3v) is 5.59. The van der Waals surface area contributed by atoms with Crippen LogP contribution in [0.2, 0.25) is 0 Å². The molecule has 9 heteroatoms. The zero-order valence-corrected chi connectivity index (χ0v) is 15.4. The van der Waals surface area contributed by atoms with Crippen molar-refractivity contribution >= 4 is 21.2 Å². The van der Waals surface area contributed by atoms with Crippen LogP contribution < -0.4 is 4.72 Å².